The van der Waals surface area contributed by atoms with Crippen molar-refractivity contribution in [3.8, 4) is 0 Å². The molecule has 0 aliphatic heterocycles. The van der Waals surface area contributed by atoms with Crippen molar-refractivity contribution in [1.29, 1.82) is 0 Å². The monoisotopic (exact) mass is 172 g/mol. The van der Waals surface area contributed by atoms with Gasteiger partial charge in [0.05, 0.1) is 0 Å². The average molecular weight is 172 g/mol. The van der Waals surface area contributed by atoms with Gasteiger partial charge in [0.25, 0.3) is 0 Å². The fraction of sp³-hybridized carbons (Fsp3) is 0.600. The topological polar surface area (TPSA) is 60.2 Å². The Morgan fingerprint density at radius 2 is 2.00 bits per heavy atom. The minimum Gasteiger partial charge on any atom is -0.225 e. The number of sulfonamides is 1. The SMILES string of the molecule is CCC/C=C/S(N)(=O)=O.[Na]. The van der Waals surface area contributed by atoms with E-state index < -0.39 is 10.0 Å². The molecule has 0 aromatic heterocycles. The summed E-state index contributed by atoms with van der Waals surface area (Å²) in [4.78, 5) is 0. The molecule has 0 aliphatic carbocycles. The number of hydrogen-bond acceptors (Lipinski definition) is 2. The molecule has 0 unspecified atom stereocenters. The molecule has 0 atom stereocenters. The summed E-state index contributed by atoms with van der Waals surface area (Å²) >= 11 is 0. The minimum absolute atomic E-state index is 0. The van der Waals surface area contributed by atoms with Crippen LogP contribution in [0, 0.1) is 0 Å². The zero-order chi connectivity index (χ0) is 7.33. The van der Waals surface area contributed by atoms with Crippen LogP contribution in [0.3, 0.4) is 0 Å². The predicted octanol–water partition coefficient (Wildman–Crippen LogP) is 0.208. The van der Waals surface area contributed by atoms with Crippen molar-refractivity contribution in [3.05, 3.63) is 11.5 Å². The van der Waals surface area contributed by atoms with Crippen LogP contribution in [0.1, 0.15) is 19.8 Å². The Hall–Kier alpha value is 0.650. The molecule has 2 N–H and O–H groups in total. The summed E-state index contributed by atoms with van der Waals surface area (Å²) in [7, 11) is -3.38. The zero-order valence-corrected chi connectivity index (χ0v) is 9.19. The van der Waals surface area contributed by atoms with E-state index >= 15 is 0 Å². The second kappa shape index (κ2) is 6.37. The van der Waals surface area contributed by atoms with Gasteiger partial charge in [0.15, 0.2) is 0 Å². The van der Waals surface area contributed by atoms with E-state index in [4.69, 9.17) is 0 Å². The van der Waals surface area contributed by atoms with Gasteiger partial charge in [-0.3, -0.25) is 0 Å². The van der Waals surface area contributed by atoms with E-state index in [2.05, 4.69) is 5.14 Å². The molecule has 0 saturated carbocycles. The number of nitrogens with two attached hydrogens (primary N) is 1. The first-order valence-corrected chi connectivity index (χ1v) is 4.36. The molecule has 0 aliphatic rings. The second-order valence-corrected chi connectivity index (χ2v) is 3.20. The van der Waals surface area contributed by atoms with Crippen LogP contribution >= 0.6 is 0 Å². The van der Waals surface area contributed by atoms with E-state index in [0.717, 1.165) is 18.2 Å². The molecule has 0 aromatic rings. The molecule has 0 heterocycles. The molecule has 0 bridgehead atoms. The molecular formula is C5H11NNaO2S. The van der Waals surface area contributed by atoms with E-state index in [9.17, 15) is 8.42 Å². The molecule has 10 heavy (non-hydrogen) atoms. The van der Waals surface area contributed by atoms with Crippen LogP contribution in [0.5, 0.6) is 0 Å². The summed E-state index contributed by atoms with van der Waals surface area (Å²) in [5.74, 6) is 0. The molecule has 0 aromatic carbocycles. The Kier molecular flexibility index (Phi) is 8.44. The summed E-state index contributed by atoms with van der Waals surface area (Å²) in [5, 5.41) is 5.69. The molecule has 55 valence electrons. The van der Waals surface area contributed by atoms with Gasteiger partial charge < -0.3 is 0 Å². The standard InChI is InChI=1S/C5H11NO2S.Na/c1-2-3-4-5-9(6,7)8;/h4-5H,2-3H2,1H3,(H2,6,7,8);/b5-4+;. The first-order chi connectivity index (χ1) is 4.06. The summed E-state index contributed by atoms with van der Waals surface area (Å²) in [6.45, 7) is 1.97. The van der Waals surface area contributed by atoms with E-state index in [1.807, 2.05) is 6.92 Å². The normalized spacial score (nSPS) is 11.4. The van der Waals surface area contributed by atoms with Gasteiger partial charge >= 0.3 is 0 Å². The number of primary sulfonamides is 1. The number of allylic oxidation sites excluding steroid dienone is 1. The first-order valence-electron chi connectivity index (χ1n) is 2.75. The van der Waals surface area contributed by atoms with Crippen molar-refractivity contribution >= 4 is 39.6 Å². The van der Waals surface area contributed by atoms with Crippen LogP contribution in [-0.4, -0.2) is 38.0 Å². The van der Waals surface area contributed by atoms with E-state index in [1.54, 1.807) is 6.08 Å². The van der Waals surface area contributed by atoms with Gasteiger partial charge in [-0.25, -0.2) is 13.6 Å². The van der Waals surface area contributed by atoms with E-state index in [-0.39, 0.29) is 29.6 Å². The van der Waals surface area contributed by atoms with Gasteiger partial charge in [-0.1, -0.05) is 19.4 Å². The third-order valence-electron chi connectivity index (χ3n) is 0.741. The van der Waals surface area contributed by atoms with Gasteiger partial charge in [-0.05, 0) is 6.42 Å². The fourth-order valence-electron chi connectivity index (χ4n) is 0.369. The van der Waals surface area contributed by atoms with Crippen molar-refractivity contribution in [2.45, 2.75) is 19.8 Å². The van der Waals surface area contributed by atoms with Crippen molar-refractivity contribution < 1.29 is 8.42 Å². The molecule has 0 saturated heterocycles. The molecule has 0 amide bonds. The van der Waals surface area contributed by atoms with Crippen LogP contribution in [0.25, 0.3) is 0 Å². The second-order valence-electron chi connectivity index (χ2n) is 1.75. The van der Waals surface area contributed by atoms with Crippen molar-refractivity contribution in [2.24, 2.45) is 5.14 Å². The molecule has 5 heteroatoms. The Morgan fingerprint density at radius 3 is 2.30 bits per heavy atom. The molecular weight excluding hydrogens is 161 g/mol. The Morgan fingerprint density at radius 1 is 1.50 bits per heavy atom. The summed E-state index contributed by atoms with van der Waals surface area (Å²) in [6, 6.07) is 0. The van der Waals surface area contributed by atoms with Crippen LogP contribution in [0.4, 0.5) is 0 Å². The van der Waals surface area contributed by atoms with Crippen molar-refractivity contribution in [3.63, 3.8) is 0 Å². The van der Waals surface area contributed by atoms with Crippen LogP contribution in [0.15, 0.2) is 11.5 Å². The molecule has 1 radical (unpaired) electrons. The smallest absolute Gasteiger partial charge is 0.225 e. The third kappa shape index (κ3) is 11.4. The Labute approximate surface area is 84.0 Å². The predicted molar refractivity (Wildman–Crippen MR) is 42.9 cm³/mol. The molecule has 0 spiro atoms. The number of rotatable bonds is 3. The number of hydrogen-bond donors (Lipinski definition) is 1. The van der Waals surface area contributed by atoms with Gasteiger partial charge in [0.2, 0.25) is 10.0 Å². The fourth-order valence-corrected chi connectivity index (χ4v) is 0.773. The average Bonchev–Trinajstić information content (AvgIpc) is 1.63. The maximum atomic E-state index is 10.2. The quantitative estimate of drug-likeness (QED) is 0.618. The maximum absolute atomic E-state index is 10.2. The van der Waals surface area contributed by atoms with Gasteiger partial charge in [-0.15, -0.1) is 0 Å². The third-order valence-corrected chi connectivity index (χ3v) is 1.31. The van der Waals surface area contributed by atoms with E-state index in [0.29, 0.717) is 0 Å². The Balaban J connectivity index is 0. The largest absolute Gasteiger partial charge is 0.230 e. The summed E-state index contributed by atoms with van der Waals surface area (Å²) < 4.78 is 20.4. The molecule has 0 fully saturated rings. The first kappa shape index (κ1) is 13.3. The van der Waals surface area contributed by atoms with Crippen LogP contribution in [-0.2, 0) is 10.0 Å². The molecule has 3 nitrogen and oxygen atoms in total. The maximum Gasteiger partial charge on any atom is 0.230 e. The van der Waals surface area contributed by atoms with Gasteiger partial charge in [0, 0.05) is 35.0 Å². The Bertz CT molecular complexity index is 186. The van der Waals surface area contributed by atoms with Gasteiger partial charge in [0.1, 0.15) is 0 Å². The summed E-state index contributed by atoms with van der Waals surface area (Å²) in [5.41, 5.74) is 0. The van der Waals surface area contributed by atoms with Crippen LogP contribution < -0.4 is 5.14 Å². The van der Waals surface area contributed by atoms with Crippen molar-refractivity contribution in [1.82, 2.24) is 0 Å². The number of unbranched alkanes of at least 4 members (excludes halogenated alkanes) is 1. The van der Waals surface area contributed by atoms with Gasteiger partial charge in [-0.2, -0.15) is 0 Å². The van der Waals surface area contributed by atoms with E-state index in [1.165, 1.54) is 0 Å². The molecule has 0 rings (SSSR count). The minimum atomic E-state index is -3.38. The zero-order valence-electron chi connectivity index (χ0n) is 6.37. The summed E-state index contributed by atoms with van der Waals surface area (Å²) in [6.07, 6.45) is 3.25. The van der Waals surface area contributed by atoms with Crippen LogP contribution in [0.2, 0.25) is 0 Å². The van der Waals surface area contributed by atoms with Crippen molar-refractivity contribution in [2.75, 3.05) is 0 Å².